The first-order valence-electron chi connectivity index (χ1n) is 7.56. The van der Waals surface area contributed by atoms with E-state index in [0.717, 1.165) is 25.3 Å². The fraction of sp³-hybridized carbons (Fsp3) is 0.471. The highest BCUT2D eigenvalue weighted by atomic mass is 15.0. The third-order valence-corrected chi connectivity index (χ3v) is 3.68. The number of rotatable bonds is 7. The van der Waals surface area contributed by atoms with Crippen LogP contribution in [0.25, 0.3) is 0 Å². The molecule has 2 rings (SSSR count). The van der Waals surface area contributed by atoms with E-state index in [9.17, 15) is 0 Å². The number of aryl methyl sites for hydroxylation is 1. The van der Waals surface area contributed by atoms with Crippen LogP contribution in [0.15, 0.2) is 36.7 Å². The van der Waals surface area contributed by atoms with Crippen molar-refractivity contribution in [3.05, 3.63) is 53.6 Å². The van der Waals surface area contributed by atoms with E-state index in [1.807, 2.05) is 12.4 Å². The maximum absolute atomic E-state index is 4.43. The summed E-state index contributed by atoms with van der Waals surface area (Å²) < 4.78 is 2.19. The largest absolute Gasteiger partial charge is 0.335 e. The third-order valence-electron chi connectivity index (χ3n) is 3.68. The van der Waals surface area contributed by atoms with Gasteiger partial charge in [0.25, 0.3) is 0 Å². The van der Waals surface area contributed by atoms with Gasteiger partial charge in [-0.25, -0.2) is 4.98 Å². The second-order valence-electron chi connectivity index (χ2n) is 5.22. The zero-order chi connectivity index (χ0) is 14.4. The first-order valence-corrected chi connectivity index (χ1v) is 7.56. The van der Waals surface area contributed by atoms with Crippen LogP contribution in [0.3, 0.4) is 0 Å². The Morgan fingerprint density at radius 3 is 2.60 bits per heavy atom. The van der Waals surface area contributed by atoms with Gasteiger partial charge >= 0.3 is 0 Å². The maximum Gasteiger partial charge on any atom is 0.113 e. The summed E-state index contributed by atoms with van der Waals surface area (Å²) in [6, 6.07) is 9.30. The number of benzene rings is 1. The lowest BCUT2D eigenvalue weighted by atomic mass is 10.0. The molecule has 0 aliphatic rings. The van der Waals surface area contributed by atoms with Gasteiger partial charge in [-0.1, -0.05) is 31.2 Å². The van der Waals surface area contributed by atoms with E-state index in [2.05, 4.69) is 59.9 Å². The highest BCUT2D eigenvalue weighted by Crippen LogP contribution is 2.15. The molecule has 1 aromatic carbocycles. The summed E-state index contributed by atoms with van der Waals surface area (Å²) in [7, 11) is 0. The molecule has 0 aliphatic heterocycles. The van der Waals surface area contributed by atoms with Gasteiger partial charge in [0.1, 0.15) is 5.82 Å². The van der Waals surface area contributed by atoms with E-state index < -0.39 is 0 Å². The van der Waals surface area contributed by atoms with E-state index in [0.29, 0.717) is 6.04 Å². The molecule has 0 bridgehead atoms. The first-order chi connectivity index (χ1) is 9.74. The van der Waals surface area contributed by atoms with Crippen molar-refractivity contribution >= 4 is 0 Å². The summed E-state index contributed by atoms with van der Waals surface area (Å²) in [6.45, 7) is 8.60. The van der Waals surface area contributed by atoms with Crippen LogP contribution in [0.5, 0.6) is 0 Å². The van der Waals surface area contributed by atoms with Gasteiger partial charge in [-0.05, 0) is 37.9 Å². The third kappa shape index (κ3) is 3.70. The Hall–Kier alpha value is -1.61. The van der Waals surface area contributed by atoms with Crippen LogP contribution in [-0.4, -0.2) is 16.1 Å². The van der Waals surface area contributed by atoms with Crippen molar-refractivity contribution in [2.75, 3.05) is 6.54 Å². The van der Waals surface area contributed by atoms with Crippen molar-refractivity contribution in [2.45, 2.75) is 46.2 Å². The van der Waals surface area contributed by atoms with Gasteiger partial charge in [0, 0.05) is 31.4 Å². The molecule has 0 fully saturated rings. The molecular weight excluding hydrogens is 246 g/mol. The zero-order valence-corrected chi connectivity index (χ0v) is 12.8. The Morgan fingerprint density at radius 2 is 1.95 bits per heavy atom. The summed E-state index contributed by atoms with van der Waals surface area (Å²) >= 11 is 0. The molecule has 0 aliphatic carbocycles. The van der Waals surface area contributed by atoms with Crippen LogP contribution < -0.4 is 5.32 Å². The molecule has 0 saturated heterocycles. The molecule has 2 aromatic rings. The molecule has 0 spiro atoms. The normalized spacial score (nSPS) is 12.6. The van der Waals surface area contributed by atoms with Gasteiger partial charge in [-0.3, -0.25) is 0 Å². The Kier molecular flexibility index (Phi) is 5.36. The first kappa shape index (κ1) is 14.8. The molecule has 108 valence electrons. The van der Waals surface area contributed by atoms with Gasteiger partial charge in [0.05, 0.1) is 0 Å². The number of aromatic nitrogens is 2. The molecule has 1 heterocycles. The monoisotopic (exact) mass is 271 g/mol. The van der Waals surface area contributed by atoms with Crippen molar-refractivity contribution < 1.29 is 0 Å². The second-order valence-corrected chi connectivity index (χ2v) is 5.22. The molecule has 1 N–H and O–H groups in total. The van der Waals surface area contributed by atoms with Gasteiger partial charge in [0.2, 0.25) is 0 Å². The van der Waals surface area contributed by atoms with Crippen LogP contribution in [0.1, 0.15) is 50.2 Å². The minimum atomic E-state index is 0.418. The minimum Gasteiger partial charge on any atom is -0.335 e. The van der Waals surface area contributed by atoms with E-state index in [4.69, 9.17) is 0 Å². The SMILES string of the molecule is CCCNC(C)c1ccc(Cc2nccn2CC)cc1. The van der Waals surface area contributed by atoms with Crippen molar-refractivity contribution in [3.8, 4) is 0 Å². The van der Waals surface area contributed by atoms with Gasteiger partial charge in [-0.2, -0.15) is 0 Å². The summed E-state index contributed by atoms with van der Waals surface area (Å²) in [5.41, 5.74) is 2.67. The van der Waals surface area contributed by atoms with Crippen LogP contribution >= 0.6 is 0 Å². The van der Waals surface area contributed by atoms with E-state index in [1.165, 1.54) is 17.5 Å². The van der Waals surface area contributed by atoms with Crippen LogP contribution in [0, 0.1) is 0 Å². The summed E-state index contributed by atoms with van der Waals surface area (Å²) in [6.07, 6.45) is 5.99. The molecular formula is C17H25N3. The van der Waals surface area contributed by atoms with Gasteiger partial charge in [-0.15, -0.1) is 0 Å². The lowest BCUT2D eigenvalue weighted by Crippen LogP contribution is -2.19. The molecule has 1 unspecified atom stereocenters. The Morgan fingerprint density at radius 1 is 1.20 bits per heavy atom. The molecule has 3 nitrogen and oxygen atoms in total. The van der Waals surface area contributed by atoms with Crippen LogP contribution in [-0.2, 0) is 13.0 Å². The molecule has 20 heavy (non-hydrogen) atoms. The Labute approximate surface area is 122 Å². The smallest absolute Gasteiger partial charge is 0.113 e. The Bertz CT molecular complexity index is 513. The van der Waals surface area contributed by atoms with Crippen molar-refractivity contribution in [3.63, 3.8) is 0 Å². The van der Waals surface area contributed by atoms with Gasteiger partial charge in [0.15, 0.2) is 0 Å². The van der Waals surface area contributed by atoms with Gasteiger partial charge < -0.3 is 9.88 Å². The molecule has 1 aromatic heterocycles. The van der Waals surface area contributed by atoms with Crippen LogP contribution in [0.2, 0.25) is 0 Å². The summed E-state index contributed by atoms with van der Waals surface area (Å²) in [4.78, 5) is 4.43. The van der Waals surface area contributed by atoms with E-state index in [1.54, 1.807) is 0 Å². The highest BCUT2D eigenvalue weighted by Gasteiger charge is 2.06. The number of hydrogen-bond donors (Lipinski definition) is 1. The van der Waals surface area contributed by atoms with Crippen molar-refractivity contribution in [1.29, 1.82) is 0 Å². The number of nitrogens with zero attached hydrogens (tertiary/aromatic N) is 2. The number of hydrogen-bond acceptors (Lipinski definition) is 2. The number of imidazole rings is 1. The van der Waals surface area contributed by atoms with Crippen molar-refractivity contribution in [1.82, 2.24) is 14.9 Å². The molecule has 3 heteroatoms. The second kappa shape index (κ2) is 7.25. The standard InChI is InChI=1S/C17H25N3/c1-4-10-18-14(3)16-8-6-15(7-9-16)13-17-19-11-12-20(17)5-2/h6-9,11-12,14,18H,4-5,10,13H2,1-3H3. The Balaban J connectivity index is 2.01. The average Bonchev–Trinajstić information content (AvgIpc) is 2.92. The minimum absolute atomic E-state index is 0.418. The predicted molar refractivity (Wildman–Crippen MR) is 83.9 cm³/mol. The molecule has 0 amide bonds. The average molecular weight is 271 g/mol. The fourth-order valence-electron chi connectivity index (χ4n) is 2.38. The fourth-order valence-corrected chi connectivity index (χ4v) is 2.38. The lowest BCUT2D eigenvalue weighted by Gasteiger charge is -2.14. The zero-order valence-electron chi connectivity index (χ0n) is 12.8. The molecule has 0 radical (unpaired) electrons. The predicted octanol–water partition coefficient (Wildman–Crippen LogP) is 3.55. The van der Waals surface area contributed by atoms with E-state index >= 15 is 0 Å². The molecule has 0 saturated carbocycles. The molecule has 1 atom stereocenters. The maximum atomic E-state index is 4.43. The quantitative estimate of drug-likeness (QED) is 0.834. The summed E-state index contributed by atoms with van der Waals surface area (Å²) in [5.74, 6) is 1.14. The number of nitrogens with one attached hydrogen (secondary N) is 1. The van der Waals surface area contributed by atoms with E-state index in [-0.39, 0.29) is 0 Å². The van der Waals surface area contributed by atoms with Crippen LogP contribution in [0.4, 0.5) is 0 Å². The lowest BCUT2D eigenvalue weighted by molar-refractivity contribution is 0.570. The highest BCUT2D eigenvalue weighted by molar-refractivity contribution is 5.26. The van der Waals surface area contributed by atoms with Crippen molar-refractivity contribution in [2.24, 2.45) is 0 Å². The summed E-state index contributed by atoms with van der Waals surface area (Å²) in [5, 5.41) is 3.52. The topological polar surface area (TPSA) is 29.9 Å².